The molecule has 3 fully saturated rings. The number of rotatable bonds is 3. The quantitative estimate of drug-likeness (QED) is 0.819. The van der Waals surface area contributed by atoms with Crippen LogP contribution in [0.4, 0.5) is 19.0 Å². The Morgan fingerprint density at radius 3 is 2.25 bits per heavy atom. The van der Waals surface area contributed by atoms with E-state index in [1.165, 1.54) is 0 Å². The maximum atomic E-state index is 13.4. The van der Waals surface area contributed by atoms with Gasteiger partial charge in [-0.25, -0.2) is 4.98 Å². The van der Waals surface area contributed by atoms with Crippen LogP contribution in [0.15, 0.2) is 12.1 Å². The average Bonchev–Trinajstić information content (AvgIpc) is 2.58. The Kier molecular flexibility index (Phi) is 4.49. The van der Waals surface area contributed by atoms with E-state index in [2.05, 4.69) is 4.98 Å². The SMILES string of the molecule is COC1(C(F)(F)F)CCN(c2ccc(C3(N)CC4(CC(N)C4)C3)c(C)n2)CC1. The van der Waals surface area contributed by atoms with E-state index in [9.17, 15) is 13.2 Å². The van der Waals surface area contributed by atoms with E-state index in [0.717, 1.165) is 44.1 Å². The van der Waals surface area contributed by atoms with Crippen LogP contribution in [0.3, 0.4) is 0 Å². The third-order valence-corrected chi connectivity index (χ3v) is 7.18. The second-order valence-electron chi connectivity index (χ2n) is 9.16. The Bertz CT molecular complexity index is 744. The van der Waals surface area contributed by atoms with E-state index in [0.29, 0.717) is 17.3 Å². The summed E-state index contributed by atoms with van der Waals surface area (Å²) in [6.07, 6.45) is -0.604. The number of hydrogen-bond acceptors (Lipinski definition) is 5. The maximum absolute atomic E-state index is 13.4. The van der Waals surface area contributed by atoms with Crippen LogP contribution in [0.25, 0.3) is 0 Å². The van der Waals surface area contributed by atoms with Gasteiger partial charge in [-0.2, -0.15) is 13.2 Å². The molecule has 2 saturated carbocycles. The van der Waals surface area contributed by atoms with Gasteiger partial charge in [-0.3, -0.25) is 0 Å². The molecule has 1 saturated heterocycles. The minimum absolute atomic E-state index is 0.0981. The molecule has 0 bridgehead atoms. The summed E-state index contributed by atoms with van der Waals surface area (Å²) in [5.74, 6) is 0.705. The maximum Gasteiger partial charge on any atom is 0.417 e. The number of pyridine rings is 1. The highest BCUT2D eigenvalue weighted by molar-refractivity contribution is 5.45. The number of nitrogens with zero attached hydrogens (tertiary/aromatic N) is 2. The molecule has 4 N–H and O–H groups in total. The van der Waals surface area contributed by atoms with Gasteiger partial charge in [0.25, 0.3) is 0 Å². The molecule has 0 radical (unpaired) electrons. The van der Waals surface area contributed by atoms with Gasteiger partial charge in [0.05, 0.1) is 0 Å². The summed E-state index contributed by atoms with van der Waals surface area (Å²) in [7, 11) is 1.14. The number of alkyl halides is 3. The molecule has 28 heavy (non-hydrogen) atoms. The van der Waals surface area contributed by atoms with Crippen molar-refractivity contribution in [1.82, 2.24) is 4.98 Å². The molecule has 5 nitrogen and oxygen atoms in total. The van der Waals surface area contributed by atoms with Crippen LogP contribution < -0.4 is 16.4 Å². The van der Waals surface area contributed by atoms with Gasteiger partial charge in [0.2, 0.25) is 0 Å². The average molecular weight is 398 g/mol. The van der Waals surface area contributed by atoms with Crippen molar-refractivity contribution in [1.29, 1.82) is 0 Å². The highest BCUT2D eigenvalue weighted by Gasteiger charge is 2.59. The fraction of sp³-hybridized carbons (Fsp3) is 0.750. The summed E-state index contributed by atoms with van der Waals surface area (Å²) in [5, 5.41) is 0. The van der Waals surface area contributed by atoms with Crippen LogP contribution in [0, 0.1) is 12.3 Å². The molecular formula is C20H29F3N4O. The molecule has 1 aromatic rings. The second-order valence-corrected chi connectivity index (χ2v) is 9.16. The molecule has 8 heteroatoms. The van der Waals surface area contributed by atoms with Crippen LogP contribution in [0.1, 0.15) is 49.8 Å². The lowest BCUT2D eigenvalue weighted by atomic mass is 9.46. The lowest BCUT2D eigenvalue weighted by molar-refractivity contribution is -0.276. The minimum Gasteiger partial charge on any atom is -0.369 e. The molecule has 0 unspecified atom stereocenters. The van der Waals surface area contributed by atoms with Gasteiger partial charge in [-0.05, 0) is 49.7 Å². The van der Waals surface area contributed by atoms with Crippen LogP contribution in [-0.4, -0.2) is 43.0 Å². The van der Waals surface area contributed by atoms with E-state index >= 15 is 0 Å². The molecule has 0 atom stereocenters. The van der Waals surface area contributed by atoms with E-state index in [1.54, 1.807) is 0 Å². The Morgan fingerprint density at radius 1 is 1.18 bits per heavy atom. The third-order valence-electron chi connectivity index (χ3n) is 7.18. The van der Waals surface area contributed by atoms with Crippen LogP contribution in [0.2, 0.25) is 0 Å². The zero-order valence-electron chi connectivity index (χ0n) is 16.5. The number of methoxy groups -OCH3 is 1. The summed E-state index contributed by atoms with van der Waals surface area (Å²) in [5.41, 5.74) is 12.4. The van der Waals surface area contributed by atoms with Crippen LogP contribution in [0.5, 0.6) is 0 Å². The Morgan fingerprint density at radius 2 is 1.79 bits per heavy atom. The van der Waals surface area contributed by atoms with Gasteiger partial charge >= 0.3 is 6.18 Å². The van der Waals surface area contributed by atoms with Gasteiger partial charge in [-0.1, -0.05) is 6.07 Å². The molecule has 0 aromatic carbocycles. The number of halogens is 3. The summed E-state index contributed by atoms with van der Waals surface area (Å²) in [6.45, 7) is 2.45. The van der Waals surface area contributed by atoms with E-state index in [4.69, 9.17) is 16.2 Å². The van der Waals surface area contributed by atoms with Crippen molar-refractivity contribution in [2.75, 3.05) is 25.1 Å². The van der Waals surface area contributed by atoms with Crippen molar-refractivity contribution in [3.63, 3.8) is 0 Å². The topological polar surface area (TPSA) is 77.4 Å². The molecule has 0 amide bonds. The summed E-state index contributed by atoms with van der Waals surface area (Å²) < 4.78 is 45.0. The number of piperidine rings is 1. The van der Waals surface area contributed by atoms with Gasteiger partial charge < -0.3 is 21.1 Å². The number of aromatic nitrogens is 1. The molecule has 2 aliphatic carbocycles. The summed E-state index contributed by atoms with van der Waals surface area (Å²) in [6, 6.07) is 4.20. The lowest BCUT2D eigenvalue weighted by Crippen LogP contribution is -2.63. The molecule has 3 aliphatic rings. The Hall–Kier alpha value is -1.38. The first kappa shape index (κ1) is 19.9. The third kappa shape index (κ3) is 3.00. The molecule has 1 aliphatic heterocycles. The number of aryl methyl sites for hydroxylation is 1. The lowest BCUT2D eigenvalue weighted by Gasteiger charge is -2.62. The van der Waals surface area contributed by atoms with E-state index in [-0.39, 0.29) is 31.5 Å². The monoisotopic (exact) mass is 398 g/mol. The zero-order valence-corrected chi connectivity index (χ0v) is 16.5. The fourth-order valence-corrected chi connectivity index (χ4v) is 5.77. The second kappa shape index (κ2) is 6.31. The van der Waals surface area contributed by atoms with Gasteiger partial charge in [0.15, 0.2) is 5.60 Å². The van der Waals surface area contributed by atoms with E-state index < -0.39 is 11.8 Å². The van der Waals surface area contributed by atoms with Crippen molar-refractivity contribution in [3.05, 3.63) is 23.4 Å². The van der Waals surface area contributed by atoms with Crippen molar-refractivity contribution < 1.29 is 17.9 Å². The summed E-state index contributed by atoms with van der Waals surface area (Å²) >= 11 is 0. The number of ether oxygens (including phenoxy) is 1. The molecule has 2 heterocycles. The van der Waals surface area contributed by atoms with Crippen LogP contribution in [-0.2, 0) is 10.3 Å². The normalized spacial score (nSPS) is 34.8. The zero-order chi connectivity index (χ0) is 20.4. The number of anilines is 1. The van der Waals surface area contributed by atoms with Gasteiger partial charge in [0.1, 0.15) is 5.82 Å². The van der Waals surface area contributed by atoms with Gasteiger partial charge in [0, 0.05) is 50.3 Å². The van der Waals surface area contributed by atoms with Crippen molar-refractivity contribution in [3.8, 4) is 0 Å². The molecular weight excluding hydrogens is 369 g/mol. The highest BCUT2D eigenvalue weighted by Crippen LogP contribution is 2.62. The molecule has 4 rings (SSSR count). The number of nitrogens with two attached hydrogens (primary N) is 2. The first-order valence-electron chi connectivity index (χ1n) is 9.91. The molecule has 1 aromatic heterocycles. The van der Waals surface area contributed by atoms with Crippen molar-refractivity contribution in [2.45, 2.75) is 68.8 Å². The molecule has 1 spiro atoms. The van der Waals surface area contributed by atoms with Crippen molar-refractivity contribution >= 4 is 5.82 Å². The number of hydrogen-bond donors (Lipinski definition) is 2. The largest absolute Gasteiger partial charge is 0.417 e. The first-order valence-corrected chi connectivity index (χ1v) is 9.91. The van der Waals surface area contributed by atoms with Crippen LogP contribution >= 0.6 is 0 Å². The standard InChI is InChI=1S/C20H29F3N4O/c1-13-15(18(25)11-17(12-18)9-14(24)10-17)3-4-16(26-13)27-7-5-19(28-2,6-8-27)20(21,22)23/h3-4,14H,5-12,24-25H2,1-2H3. The van der Waals surface area contributed by atoms with E-state index in [1.807, 2.05) is 24.0 Å². The summed E-state index contributed by atoms with van der Waals surface area (Å²) in [4.78, 5) is 6.59. The highest BCUT2D eigenvalue weighted by atomic mass is 19.4. The Labute approximate surface area is 163 Å². The predicted molar refractivity (Wildman–Crippen MR) is 101 cm³/mol. The predicted octanol–water partition coefficient (Wildman–Crippen LogP) is 2.99. The minimum atomic E-state index is -4.36. The fourth-order valence-electron chi connectivity index (χ4n) is 5.77. The van der Waals surface area contributed by atoms with Crippen molar-refractivity contribution in [2.24, 2.45) is 16.9 Å². The smallest absolute Gasteiger partial charge is 0.369 e. The molecule has 156 valence electrons. The first-order chi connectivity index (χ1) is 13.0. The van der Waals surface area contributed by atoms with Gasteiger partial charge in [-0.15, -0.1) is 0 Å². The Balaban J connectivity index is 1.45.